The van der Waals surface area contributed by atoms with Crippen molar-refractivity contribution >= 4 is 23.2 Å². The van der Waals surface area contributed by atoms with E-state index in [4.69, 9.17) is 28.9 Å². The molecule has 1 heterocycles. The van der Waals surface area contributed by atoms with Gasteiger partial charge in [-0.05, 0) is 31.2 Å². The number of benzene rings is 1. The van der Waals surface area contributed by atoms with E-state index in [1.165, 1.54) is 0 Å². The fraction of sp³-hybridized carbons (Fsp3) is 0.250. The Morgan fingerprint density at radius 3 is 2.88 bits per heavy atom. The summed E-state index contributed by atoms with van der Waals surface area (Å²) in [6.45, 7) is 1.48. The average Bonchev–Trinajstić information content (AvgIpc) is 2.77. The average molecular weight is 270 g/mol. The zero-order valence-electron chi connectivity index (χ0n) is 9.24. The van der Waals surface area contributed by atoms with Gasteiger partial charge >= 0.3 is 0 Å². The molecule has 2 aromatic rings. The van der Waals surface area contributed by atoms with Crippen LogP contribution in [0.1, 0.15) is 6.42 Å². The first-order chi connectivity index (χ1) is 8.22. The fourth-order valence-corrected chi connectivity index (χ4v) is 2.07. The largest absolute Gasteiger partial charge is 0.331 e. The Balaban J connectivity index is 2.38. The minimum atomic E-state index is 0.654. The van der Waals surface area contributed by atoms with Crippen molar-refractivity contribution in [3.8, 4) is 11.3 Å². The third-order valence-electron chi connectivity index (χ3n) is 2.52. The summed E-state index contributed by atoms with van der Waals surface area (Å²) in [5, 5.41) is 1.33. The first kappa shape index (κ1) is 12.4. The second-order valence-corrected chi connectivity index (χ2v) is 4.58. The third-order valence-corrected chi connectivity index (χ3v) is 3.08. The second kappa shape index (κ2) is 5.54. The highest BCUT2D eigenvalue weighted by Crippen LogP contribution is 2.30. The highest BCUT2D eigenvalue weighted by Gasteiger charge is 2.09. The Bertz CT molecular complexity index is 508. The van der Waals surface area contributed by atoms with Crippen molar-refractivity contribution < 1.29 is 0 Å². The van der Waals surface area contributed by atoms with Gasteiger partial charge in [0.25, 0.3) is 0 Å². The predicted molar refractivity (Wildman–Crippen MR) is 71.4 cm³/mol. The van der Waals surface area contributed by atoms with Gasteiger partial charge in [-0.2, -0.15) is 0 Å². The van der Waals surface area contributed by atoms with Crippen molar-refractivity contribution in [3.63, 3.8) is 0 Å². The van der Waals surface area contributed by atoms with E-state index in [1.807, 2.05) is 10.6 Å². The van der Waals surface area contributed by atoms with Gasteiger partial charge in [0.15, 0.2) is 0 Å². The molecular weight excluding hydrogens is 257 g/mol. The normalized spacial score (nSPS) is 10.8. The molecule has 0 bridgehead atoms. The van der Waals surface area contributed by atoms with Gasteiger partial charge in [0, 0.05) is 17.1 Å². The molecule has 0 atom stereocenters. The highest BCUT2D eigenvalue weighted by atomic mass is 35.5. The lowest BCUT2D eigenvalue weighted by Crippen LogP contribution is -2.06. The van der Waals surface area contributed by atoms with Crippen molar-refractivity contribution in [2.45, 2.75) is 13.0 Å². The Kier molecular flexibility index (Phi) is 4.05. The predicted octanol–water partition coefficient (Wildman–Crippen LogP) is 3.21. The molecular formula is C12H13Cl2N3. The summed E-state index contributed by atoms with van der Waals surface area (Å²) >= 11 is 12.2. The summed E-state index contributed by atoms with van der Waals surface area (Å²) in [6, 6.07) is 5.41. The number of halogens is 2. The summed E-state index contributed by atoms with van der Waals surface area (Å²) in [6.07, 6.45) is 4.47. The highest BCUT2D eigenvalue weighted by molar-refractivity contribution is 6.35. The van der Waals surface area contributed by atoms with Crippen LogP contribution in [0.3, 0.4) is 0 Å². The van der Waals surface area contributed by atoms with E-state index in [-0.39, 0.29) is 0 Å². The van der Waals surface area contributed by atoms with Crippen LogP contribution in [0.25, 0.3) is 11.3 Å². The second-order valence-electron chi connectivity index (χ2n) is 3.74. The number of rotatable bonds is 4. The van der Waals surface area contributed by atoms with Gasteiger partial charge < -0.3 is 10.3 Å². The Morgan fingerprint density at radius 1 is 1.29 bits per heavy atom. The molecule has 0 aliphatic carbocycles. The molecule has 5 heteroatoms. The first-order valence-corrected chi connectivity index (χ1v) is 6.13. The van der Waals surface area contributed by atoms with Gasteiger partial charge in [-0.25, -0.2) is 4.98 Å². The summed E-state index contributed by atoms with van der Waals surface area (Å²) < 4.78 is 2.03. The Hall–Kier alpha value is -1.03. The summed E-state index contributed by atoms with van der Waals surface area (Å²) in [5.41, 5.74) is 7.37. The number of nitrogens with two attached hydrogens (primary N) is 1. The Morgan fingerprint density at radius 2 is 2.12 bits per heavy atom. The molecule has 0 unspecified atom stereocenters. The minimum absolute atomic E-state index is 0.654. The third kappa shape index (κ3) is 2.80. The van der Waals surface area contributed by atoms with E-state index >= 15 is 0 Å². The lowest BCUT2D eigenvalue weighted by atomic mass is 10.1. The first-order valence-electron chi connectivity index (χ1n) is 5.38. The smallest absolute Gasteiger partial charge is 0.0950 e. The number of aromatic nitrogens is 2. The fourth-order valence-electron chi connectivity index (χ4n) is 1.68. The van der Waals surface area contributed by atoms with Crippen molar-refractivity contribution in [3.05, 3.63) is 40.8 Å². The molecule has 0 spiro atoms. The molecule has 0 radical (unpaired) electrons. The van der Waals surface area contributed by atoms with Crippen molar-refractivity contribution in [2.75, 3.05) is 6.54 Å². The maximum atomic E-state index is 6.17. The van der Waals surface area contributed by atoms with Gasteiger partial charge in [-0.15, -0.1) is 0 Å². The van der Waals surface area contributed by atoms with Gasteiger partial charge in [-0.3, -0.25) is 0 Å². The molecule has 0 aliphatic rings. The van der Waals surface area contributed by atoms with Gasteiger partial charge in [0.2, 0.25) is 0 Å². The SMILES string of the molecule is NCCCn1cncc1-c1cc(Cl)ccc1Cl. The molecule has 0 fully saturated rings. The molecule has 1 aromatic carbocycles. The number of hydrogen-bond donors (Lipinski definition) is 1. The van der Waals surface area contributed by atoms with Crippen LogP contribution in [-0.4, -0.2) is 16.1 Å². The van der Waals surface area contributed by atoms with Gasteiger partial charge in [0.05, 0.1) is 23.2 Å². The van der Waals surface area contributed by atoms with Crippen LogP contribution in [-0.2, 0) is 6.54 Å². The van der Waals surface area contributed by atoms with Crippen LogP contribution in [0.4, 0.5) is 0 Å². The molecule has 0 saturated carbocycles. The molecule has 3 nitrogen and oxygen atoms in total. The maximum Gasteiger partial charge on any atom is 0.0950 e. The van der Waals surface area contributed by atoms with E-state index in [0.29, 0.717) is 16.6 Å². The van der Waals surface area contributed by atoms with Gasteiger partial charge in [0.1, 0.15) is 0 Å². The Labute approximate surface area is 110 Å². The molecule has 90 valence electrons. The van der Waals surface area contributed by atoms with Crippen LogP contribution in [0.5, 0.6) is 0 Å². The van der Waals surface area contributed by atoms with E-state index in [1.54, 1.807) is 24.7 Å². The van der Waals surface area contributed by atoms with Crippen LogP contribution in [0.2, 0.25) is 10.0 Å². The summed E-state index contributed by atoms with van der Waals surface area (Å²) in [4.78, 5) is 4.14. The quantitative estimate of drug-likeness (QED) is 0.927. The molecule has 2 rings (SSSR count). The molecule has 0 amide bonds. The number of hydrogen-bond acceptors (Lipinski definition) is 2. The van der Waals surface area contributed by atoms with Crippen molar-refractivity contribution in [2.24, 2.45) is 5.73 Å². The van der Waals surface area contributed by atoms with Crippen LogP contribution < -0.4 is 5.73 Å². The summed E-state index contributed by atoms with van der Waals surface area (Å²) in [7, 11) is 0. The number of aryl methyl sites for hydroxylation is 1. The van der Waals surface area contributed by atoms with E-state index in [9.17, 15) is 0 Å². The zero-order valence-corrected chi connectivity index (χ0v) is 10.7. The standard InChI is InChI=1S/C12H13Cl2N3/c13-9-2-3-11(14)10(6-9)12-7-16-8-17(12)5-1-4-15/h2-3,6-8H,1,4-5,15H2. The van der Waals surface area contributed by atoms with Gasteiger partial charge in [-0.1, -0.05) is 23.2 Å². The van der Waals surface area contributed by atoms with Crippen LogP contribution in [0, 0.1) is 0 Å². The number of nitrogens with zero attached hydrogens (tertiary/aromatic N) is 2. The van der Waals surface area contributed by atoms with E-state index < -0.39 is 0 Å². The molecule has 0 aliphatic heterocycles. The minimum Gasteiger partial charge on any atom is -0.331 e. The van der Waals surface area contributed by atoms with Crippen LogP contribution in [0.15, 0.2) is 30.7 Å². The molecule has 17 heavy (non-hydrogen) atoms. The summed E-state index contributed by atoms with van der Waals surface area (Å²) in [5.74, 6) is 0. The van der Waals surface area contributed by atoms with E-state index in [0.717, 1.165) is 24.2 Å². The topological polar surface area (TPSA) is 43.8 Å². The molecule has 1 aromatic heterocycles. The van der Waals surface area contributed by atoms with Crippen molar-refractivity contribution in [1.29, 1.82) is 0 Å². The monoisotopic (exact) mass is 269 g/mol. The lowest BCUT2D eigenvalue weighted by Gasteiger charge is -2.09. The molecule has 2 N–H and O–H groups in total. The van der Waals surface area contributed by atoms with Crippen molar-refractivity contribution in [1.82, 2.24) is 9.55 Å². The molecule has 0 saturated heterocycles. The number of imidazole rings is 1. The van der Waals surface area contributed by atoms with E-state index in [2.05, 4.69) is 4.98 Å². The lowest BCUT2D eigenvalue weighted by molar-refractivity contribution is 0.655. The van der Waals surface area contributed by atoms with Crippen LogP contribution >= 0.6 is 23.2 Å². The zero-order chi connectivity index (χ0) is 12.3. The maximum absolute atomic E-state index is 6.17.